The zero-order chi connectivity index (χ0) is 13.1. The second-order valence-corrected chi connectivity index (χ2v) is 5.42. The minimum Gasteiger partial charge on any atom is -0.271 e. The van der Waals surface area contributed by atoms with E-state index in [1.165, 1.54) is 6.07 Å². The van der Waals surface area contributed by atoms with Crippen molar-refractivity contribution in [1.29, 1.82) is 0 Å². The Morgan fingerprint density at radius 3 is 2.59 bits per heavy atom. The van der Waals surface area contributed by atoms with E-state index in [9.17, 15) is 4.39 Å². The normalized spacial score (nSPS) is 13.8. The average Bonchev–Trinajstić information content (AvgIpc) is 2.30. The number of hydrazine groups is 1. The van der Waals surface area contributed by atoms with Gasteiger partial charge in [0.05, 0.1) is 5.02 Å². The van der Waals surface area contributed by atoms with Gasteiger partial charge in [0, 0.05) is 6.04 Å². The highest BCUT2D eigenvalue weighted by atomic mass is 35.5. The first-order valence-corrected chi connectivity index (χ1v) is 6.18. The van der Waals surface area contributed by atoms with Crippen molar-refractivity contribution in [2.45, 2.75) is 39.7 Å². The van der Waals surface area contributed by atoms with Gasteiger partial charge in [-0.3, -0.25) is 11.3 Å². The van der Waals surface area contributed by atoms with Gasteiger partial charge in [-0.05, 0) is 36.0 Å². The molecular formula is C13H20ClFN2. The van der Waals surface area contributed by atoms with Gasteiger partial charge < -0.3 is 0 Å². The molecule has 1 rings (SSSR count). The molecular weight excluding hydrogens is 239 g/mol. The van der Waals surface area contributed by atoms with Gasteiger partial charge in [-0.1, -0.05) is 38.4 Å². The summed E-state index contributed by atoms with van der Waals surface area (Å²) in [5.74, 6) is 5.20. The van der Waals surface area contributed by atoms with Crippen LogP contribution in [0.1, 0.15) is 32.8 Å². The Bertz CT molecular complexity index is 380. The molecule has 0 aromatic heterocycles. The van der Waals surface area contributed by atoms with Crippen molar-refractivity contribution < 1.29 is 4.39 Å². The molecule has 1 atom stereocenters. The Labute approximate surface area is 107 Å². The standard InChI is InChI=1S/C13H20ClFN2/c1-4-13(2,3)12(17-16)8-9-5-6-10(14)11(15)7-9/h5-7,12,17H,4,8,16H2,1-3H3. The van der Waals surface area contributed by atoms with Crippen LogP contribution in [-0.4, -0.2) is 6.04 Å². The second-order valence-electron chi connectivity index (χ2n) is 5.01. The lowest BCUT2D eigenvalue weighted by Crippen LogP contribution is -2.46. The SMILES string of the molecule is CCC(C)(C)C(Cc1ccc(Cl)c(F)c1)NN. The van der Waals surface area contributed by atoms with Crippen molar-refractivity contribution in [2.24, 2.45) is 11.3 Å². The third kappa shape index (κ3) is 3.66. The minimum atomic E-state index is -0.380. The van der Waals surface area contributed by atoms with Gasteiger partial charge >= 0.3 is 0 Å². The molecule has 0 saturated heterocycles. The summed E-state index contributed by atoms with van der Waals surface area (Å²) in [6, 6.07) is 4.99. The summed E-state index contributed by atoms with van der Waals surface area (Å²) < 4.78 is 13.3. The van der Waals surface area contributed by atoms with Gasteiger partial charge in [0.1, 0.15) is 5.82 Å². The maximum atomic E-state index is 13.3. The van der Waals surface area contributed by atoms with Crippen LogP contribution in [0, 0.1) is 11.2 Å². The van der Waals surface area contributed by atoms with Gasteiger partial charge in [0.2, 0.25) is 0 Å². The molecule has 4 heteroatoms. The minimum absolute atomic E-state index is 0.0604. The van der Waals surface area contributed by atoms with Crippen LogP contribution in [0.25, 0.3) is 0 Å². The van der Waals surface area contributed by atoms with E-state index >= 15 is 0 Å². The van der Waals surface area contributed by atoms with Crippen LogP contribution < -0.4 is 11.3 Å². The van der Waals surface area contributed by atoms with Crippen LogP contribution in [0.2, 0.25) is 5.02 Å². The molecule has 2 nitrogen and oxygen atoms in total. The molecule has 0 amide bonds. The monoisotopic (exact) mass is 258 g/mol. The predicted molar refractivity (Wildman–Crippen MR) is 70.3 cm³/mol. The molecule has 1 aromatic rings. The van der Waals surface area contributed by atoms with E-state index in [2.05, 4.69) is 26.2 Å². The summed E-state index contributed by atoms with van der Waals surface area (Å²) in [6.07, 6.45) is 1.68. The molecule has 0 fully saturated rings. The highest BCUT2D eigenvalue weighted by Gasteiger charge is 2.26. The van der Waals surface area contributed by atoms with Crippen molar-refractivity contribution in [1.82, 2.24) is 5.43 Å². The molecule has 0 heterocycles. The van der Waals surface area contributed by atoms with Gasteiger partial charge in [-0.15, -0.1) is 0 Å². The average molecular weight is 259 g/mol. The fourth-order valence-electron chi connectivity index (χ4n) is 1.71. The fourth-order valence-corrected chi connectivity index (χ4v) is 1.83. The maximum Gasteiger partial charge on any atom is 0.142 e. The van der Waals surface area contributed by atoms with Crippen molar-refractivity contribution in [3.8, 4) is 0 Å². The highest BCUT2D eigenvalue weighted by Crippen LogP contribution is 2.27. The Kier molecular flexibility index (Phi) is 4.92. The zero-order valence-corrected chi connectivity index (χ0v) is 11.3. The Morgan fingerprint density at radius 1 is 1.47 bits per heavy atom. The highest BCUT2D eigenvalue weighted by molar-refractivity contribution is 6.30. The Hall–Kier alpha value is -0.640. The topological polar surface area (TPSA) is 38.0 Å². The zero-order valence-electron chi connectivity index (χ0n) is 10.6. The molecule has 0 aliphatic carbocycles. The largest absolute Gasteiger partial charge is 0.271 e. The van der Waals surface area contributed by atoms with Crippen molar-refractivity contribution in [3.63, 3.8) is 0 Å². The lowest BCUT2D eigenvalue weighted by atomic mass is 9.79. The fraction of sp³-hybridized carbons (Fsp3) is 0.538. The van der Waals surface area contributed by atoms with Gasteiger partial charge in [-0.25, -0.2) is 4.39 Å². The number of hydrogen-bond donors (Lipinski definition) is 2. The molecule has 1 aromatic carbocycles. The number of hydrogen-bond acceptors (Lipinski definition) is 2. The number of nitrogens with two attached hydrogens (primary N) is 1. The van der Waals surface area contributed by atoms with Crippen LogP contribution in [-0.2, 0) is 6.42 Å². The molecule has 0 bridgehead atoms. The van der Waals surface area contributed by atoms with Crippen LogP contribution in [0.4, 0.5) is 4.39 Å². The van der Waals surface area contributed by atoms with E-state index in [1.807, 2.05) is 6.07 Å². The molecule has 0 aliphatic heterocycles. The number of benzene rings is 1. The summed E-state index contributed by atoms with van der Waals surface area (Å²) in [5, 5.41) is 0.153. The van der Waals surface area contributed by atoms with Crippen molar-refractivity contribution in [3.05, 3.63) is 34.6 Å². The van der Waals surface area contributed by atoms with E-state index in [0.717, 1.165) is 12.0 Å². The summed E-state index contributed by atoms with van der Waals surface area (Å²) in [7, 11) is 0. The lowest BCUT2D eigenvalue weighted by molar-refractivity contribution is 0.231. The first-order valence-electron chi connectivity index (χ1n) is 5.80. The van der Waals surface area contributed by atoms with Crippen LogP contribution >= 0.6 is 11.6 Å². The van der Waals surface area contributed by atoms with E-state index < -0.39 is 0 Å². The Balaban J connectivity index is 2.84. The number of nitrogens with one attached hydrogen (secondary N) is 1. The van der Waals surface area contributed by atoms with Gasteiger partial charge in [0.15, 0.2) is 0 Å². The van der Waals surface area contributed by atoms with E-state index in [0.29, 0.717) is 6.42 Å². The van der Waals surface area contributed by atoms with Crippen molar-refractivity contribution >= 4 is 11.6 Å². The van der Waals surface area contributed by atoms with E-state index in [-0.39, 0.29) is 22.3 Å². The van der Waals surface area contributed by atoms with E-state index in [4.69, 9.17) is 17.4 Å². The summed E-state index contributed by atoms with van der Waals surface area (Å²) in [6.45, 7) is 6.40. The molecule has 3 N–H and O–H groups in total. The maximum absolute atomic E-state index is 13.3. The summed E-state index contributed by atoms with van der Waals surface area (Å²) in [4.78, 5) is 0. The third-order valence-corrected chi connectivity index (χ3v) is 3.79. The molecule has 0 aliphatic rings. The first-order chi connectivity index (χ1) is 7.90. The molecule has 0 spiro atoms. The quantitative estimate of drug-likeness (QED) is 0.628. The van der Waals surface area contributed by atoms with Gasteiger partial charge in [-0.2, -0.15) is 0 Å². The molecule has 1 unspecified atom stereocenters. The molecule has 96 valence electrons. The lowest BCUT2D eigenvalue weighted by Gasteiger charge is -2.33. The first kappa shape index (κ1) is 14.4. The second kappa shape index (κ2) is 5.80. The molecule has 17 heavy (non-hydrogen) atoms. The number of halogens is 2. The third-order valence-electron chi connectivity index (χ3n) is 3.48. The van der Waals surface area contributed by atoms with Crippen LogP contribution in [0.5, 0.6) is 0 Å². The molecule has 0 radical (unpaired) electrons. The molecule has 0 saturated carbocycles. The summed E-state index contributed by atoms with van der Waals surface area (Å²) >= 11 is 5.65. The van der Waals surface area contributed by atoms with Gasteiger partial charge in [0.25, 0.3) is 0 Å². The summed E-state index contributed by atoms with van der Waals surface area (Å²) in [5.41, 5.74) is 3.78. The number of rotatable bonds is 5. The smallest absolute Gasteiger partial charge is 0.142 e. The van der Waals surface area contributed by atoms with Crippen LogP contribution in [0.15, 0.2) is 18.2 Å². The van der Waals surface area contributed by atoms with Crippen LogP contribution in [0.3, 0.4) is 0 Å². The van der Waals surface area contributed by atoms with E-state index in [1.54, 1.807) is 6.07 Å². The predicted octanol–water partition coefficient (Wildman–Crippen LogP) is 3.29. The Morgan fingerprint density at radius 2 is 2.12 bits per heavy atom. The van der Waals surface area contributed by atoms with Crippen molar-refractivity contribution in [2.75, 3.05) is 0 Å².